The van der Waals surface area contributed by atoms with Crippen molar-refractivity contribution in [2.45, 2.75) is 12.8 Å². The summed E-state index contributed by atoms with van der Waals surface area (Å²) in [6, 6.07) is 10.1. The Morgan fingerprint density at radius 1 is 0.885 bits per heavy atom. The van der Waals surface area contributed by atoms with Crippen molar-refractivity contribution < 1.29 is 14.4 Å². The Balaban J connectivity index is 1.35. The van der Waals surface area contributed by atoms with Gasteiger partial charge in [-0.25, -0.2) is 0 Å². The summed E-state index contributed by atoms with van der Waals surface area (Å²) in [4.78, 5) is 42.8. The maximum Gasteiger partial charge on any atom is 0.242 e. The van der Waals surface area contributed by atoms with Gasteiger partial charge in [0.1, 0.15) is 6.54 Å². The number of imide groups is 1. The third kappa shape index (κ3) is 3.00. The molecule has 0 aromatic heterocycles. The predicted octanol–water partition coefficient (Wildman–Crippen LogP) is 1.29. The second-order valence-electron chi connectivity index (χ2n) is 7.12. The molecule has 136 valence electrons. The van der Waals surface area contributed by atoms with Crippen LogP contribution in [0.3, 0.4) is 0 Å². The first-order valence-corrected chi connectivity index (χ1v) is 9.23. The molecule has 4 rings (SSSR count). The lowest BCUT2D eigenvalue weighted by atomic mass is 9.85. The summed E-state index contributed by atoms with van der Waals surface area (Å²) in [5.74, 6) is -1.03. The molecule has 2 saturated heterocycles. The number of nitrogens with zero attached hydrogens (tertiary/aromatic N) is 3. The van der Waals surface area contributed by atoms with E-state index in [0.717, 1.165) is 18.8 Å². The molecule has 2 aliphatic heterocycles. The maximum absolute atomic E-state index is 12.6. The number of carbonyl (C=O) groups excluding carboxylic acids is 3. The molecule has 1 aromatic rings. The van der Waals surface area contributed by atoms with Gasteiger partial charge >= 0.3 is 0 Å². The van der Waals surface area contributed by atoms with Gasteiger partial charge in [-0.2, -0.15) is 0 Å². The number of anilines is 1. The molecular weight excluding hydrogens is 330 g/mol. The highest BCUT2D eigenvalue weighted by molar-refractivity contribution is 6.07. The normalized spacial score (nSPS) is 25.6. The van der Waals surface area contributed by atoms with Crippen molar-refractivity contribution in [3.8, 4) is 0 Å². The Morgan fingerprint density at radius 2 is 1.46 bits per heavy atom. The molecule has 3 amide bonds. The number of likely N-dealkylation sites (tertiary alicyclic amines) is 1. The number of fused-ring (bicyclic) bond motifs is 1. The van der Waals surface area contributed by atoms with E-state index in [4.69, 9.17) is 0 Å². The van der Waals surface area contributed by atoms with E-state index in [-0.39, 0.29) is 36.1 Å². The van der Waals surface area contributed by atoms with Gasteiger partial charge in [-0.1, -0.05) is 30.4 Å². The molecule has 6 nitrogen and oxygen atoms in total. The van der Waals surface area contributed by atoms with Gasteiger partial charge in [0.2, 0.25) is 17.7 Å². The number of benzene rings is 1. The van der Waals surface area contributed by atoms with Gasteiger partial charge in [-0.05, 0) is 25.0 Å². The highest BCUT2D eigenvalue weighted by atomic mass is 16.2. The van der Waals surface area contributed by atoms with Crippen LogP contribution in [0.4, 0.5) is 5.69 Å². The number of carbonyl (C=O) groups is 3. The lowest BCUT2D eigenvalue weighted by Gasteiger charge is -2.36. The van der Waals surface area contributed by atoms with Crippen LogP contribution in [-0.2, 0) is 14.4 Å². The first-order chi connectivity index (χ1) is 12.6. The number of hydrogen-bond donors (Lipinski definition) is 0. The van der Waals surface area contributed by atoms with Crippen molar-refractivity contribution in [2.24, 2.45) is 11.8 Å². The molecule has 26 heavy (non-hydrogen) atoms. The smallest absolute Gasteiger partial charge is 0.242 e. The van der Waals surface area contributed by atoms with Crippen LogP contribution < -0.4 is 4.90 Å². The van der Waals surface area contributed by atoms with Crippen molar-refractivity contribution in [1.29, 1.82) is 0 Å². The predicted molar refractivity (Wildman–Crippen MR) is 97.3 cm³/mol. The summed E-state index contributed by atoms with van der Waals surface area (Å²) in [6.07, 6.45) is 5.13. The molecule has 2 atom stereocenters. The Labute approximate surface area is 153 Å². The number of allylic oxidation sites excluding steroid dienone is 2. The summed E-state index contributed by atoms with van der Waals surface area (Å²) >= 11 is 0. The van der Waals surface area contributed by atoms with Gasteiger partial charge in [-0.3, -0.25) is 19.3 Å². The Hall–Kier alpha value is -2.63. The molecule has 6 heteroatoms. The second kappa shape index (κ2) is 6.94. The minimum absolute atomic E-state index is 0.115. The van der Waals surface area contributed by atoms with E-state index in [0.29, 0.717) is 25.9 Å². The quantitative estimate of drug-likeness (QED) is 0.607. The van der Waals surface area contributed by atoms with Crippen LogP contribution in [0.1, 0.15) is 12.8 Å². The van der Waals surface area contributed by atoms with Crippen molar-refractivity contribution in [2.75, 3.05) is 37.6 Å². The average molecular weight is 353 g/mol. The van der Waals surface area contributed by atoms with Gasteiger partial charge < -0.3 is 9.80 Å². The van der Waals surface area contributed by atoms with Crippen LogP contribution in [0.2, 0.25) is 0 Å². The molecule has 0 spiro atoms. The number of para-hydroxylation sites is 1. The SMILES string of the molecule is O=C(CN1C(=O)C2CC=CCC2C1=O)N1CCN(c2ccccc2)CC1. The van der Waals surface area contributed by atoms with E-state index in [1.165, 1.54) is 4.90 Å². The van der Waals surface area contributed by atoms with Crippen LogP contribution in [0.5, 0.6) is 0 Å². The molecule has 1 aromatic carbocycles. The topological polar surface area (TPSA) is 60.9 Å². The molecule has 1 aliphatic carbocycles. The van der Waals surface area contributed by atoms with Crippen molar-refractivity contribution in [3.63, 3.8) is 0 Å². The zero-order chi connectivity index (χ0) is 18.1. The highest BCUT2D eigenvalue weighted by Crippen LogP contribution is 2.34. The van der Waals surface area contributed by atoms with E-state index >= 15 is 0 Å². The minimum atomic E-state index is -0.268. The van der Waals surface area contributed by atoms with Crippen LogP contribution in [0.25, 0.3) is 0 Å². The maximum atomic E-state index is 12.6. The molecule has 2 heterocycles. The van der Waals surface area contributed by atoms with Crippen molar-refractivity contribution in [1.82, 2.24) is 9.80 Å². The highest BCUT2D eigenvalue weighted by Gasteiger charge is 2.47. The van der Waals surface area contributed by atoms with Crippen molar-refractivity contribution >= 4 is 23.4 Å². The Kier molecular flexibility index (Phi) is 4.49. The third-order valence-electron chi connectivity index (χ3n) is 5.65. The largest absolute Gasteiger partial charge is 0.368 e. The lowest BCUT2D eigenvalue weighted by Crippen LogP contribution is -2.52. The zero-order valence-electron chi connectivity index (χ0n) is 14.7. The first-order valence-electron chi connectivity index (χ1n) is 9.23. The van der Waals surface area contributed by atoms with Crippen LogP contribution in [0, 0.1) is 11.8 Å². The zero-order valence-corrected chi connectivity index (χ0v) is 14.7. The summed E-state index contributed by atoms with van der Waals surface area (Å²) in [6.45, 7) is 2.62. The summed E-state index contributed by atoms with van der Waals surface area (Å²) in [5.41, 5.74) is 1.15. The number of rotatable bonds is 3. The van der Waals surface area contributed by atoms with Crippen LogP contribution >= 0.6 is 0 Å². The standard InChI is InChI=1S/C20H23N3O3/c24-18(14-23-19(25)16-8-4-5-9-17(16)20(23)26)22-12-10-21(11-13-22)15-6-2-1-3-7-15/h1-7,16-17H,8-14H2. The van der Waals surface area contributed by atoms with E-state index in [1.807, 2.05) is 30.4 Å². The molecule has 0 radical (unpaired) electrons. The summed E-state index contributed by atoms with van der Waals surface area (Å²) in [5, 5.41) is 0. The minimum Gasteiger partial charge on any atom is -0.368 e. The molecule has 2 fully saturated rings. The number of piperazine rings is 1. The Bertz CT molecular complexity index is 712. The van der Waals surface area contributed by atoms with E-state index in [9.17, 15) is 14.4 Å². The fraction of sp³-hybridized carbons (Fsp3) is 0.450. The number of amides is 3. The van der Waals surface area contributed by atoms with Gasteiger partial charge in [-0.15, -0.1) is 0 Å². The van der Waals surface area contributed by atoms with Gasteiger partial charge in [0, 0.05) is 31.9 Å². The summed E-state index contributed by atoms with van der Waals surface area (Å²) < 4.78 is 0. The summed E-state index contributed by atoms with van der Waals surface area (Å²) in [7, 11) is 0. The van der Waals surface area contributed by atoms with E-state index in [2.05, 4.69) is 17.0 Å². The van der Waals surface area contributed by atoms with Crippen molar-refractivity contribution in [3.05, 3.63) is 42.5 Å². The van der Waals surface area contributed by atoms with Crippen LogP contribution in [-0.4, -0.2) is 60.2 Å². The average Bonchev–Trinajstić information content (AvgIpc) is 2.94. The monoisotopic (exact) mass is 353 g/mol. The molecule has 3 aliphatic rings. The second-order valence-corrected chi connectivity index (χ2v) is 7.12. The van der Waals surface area contributed by atoms with Gasteiger partial charge in [0.05, 0.1) is 11.8 Å². The fourth-order valence-electron chi connectivity index (χ4n) is 4.11. The molecule has 0 bridgehead atoms. The molecule has 2 unspecified atom stereocenters. The van der Waals surface area contributed by atoms with Crippen LogP contribution in [0.15, 0.2) is 42.5 Å². The van der Waals surface area contributed by atoms with E-state index in [1.54, 1.807) is 4.90 Å². The van der Waals surface area contributed by atoms with E-state index < -0.39 is 0 Å². The Morgan fingerprint density at radius 3 is 2.04 bits per heavy atom. The molecular formula is C20H23N3O3. The van der Waals surface area contributed by atoms with Gasteiger partial charge in [0.15, 0.2) is 0 Å². The molecule has 0 saturated carbocycles. The first kappa shape index (κ1) is 16.8. The molecule has 0 N–H and O–H groups in total. The van der Waals surface area contributed by atoms with Gasteiger partial charge in [0.25, 0.3) is 0 Å². The lowest BCUT2D eigenvalue weighted by molar-refractivity contribution is -0.146. The number of hydrogen-bond acceptors (Lipinski definition) is 4. The fourth-order valence-corrected chi connectivity index (χ4v) is 4.11. The third-order valence-corrected chi connectivity index (χ3v) is 5.65.